The van der Waals surface area contributed by atoms with E-state index in [9.17, 15) is 0 Å². The molecule has 0 spiro atoms. The first kappa shape index (κ1) is 13.8. The Balaban J connectivity index is 1.95. The Labute approximate surface area is 127 Å². The summed E-state index contributed by atoms with van der Waals surface area (Å²) in [4.78, 5) is 7.02. The van der Waals surface area contributed by atoms with E-state index in [1.807, 2.05) is 6.92 Å². The van der Waals surface area contributed by atoms with Crippen molar-refractivity contribution in [2.45, 2.75) is 27.2 Å². The molecule has 108 valence electrons. The lowest BCUT2D eigenvalue weighted by molar-refractivity contribution is 0.325. The second-order valence-corrected chi connectivity index (χ2v) is 7.50. The maximum atomic E-state index is 6.09. The summed E-state index contributed by atoms with van der Waals surface area (Å²) in [6.45, 7) is 8.86. The van der Waals surface area contributed by atoms with Crippen LogP contribution in [0.1, 0.15) is 25.3 Å². The summed E-state index contributed by atoms with van der Waals surface area (Å²) >= 11 is 3.16. The smallest absolute Gasteiger partial charge is 0.148 e. The summed E-state index contributed by atoms with van der Waals surface area (Å²) in [7, 11) is 0. The van der Waals surface area contributed by atoms with Crippen LogP contribution >= 0.6 is 22.9 Å². The monoisotopic (exact) mass is 308 g/mol. The molecule has 3 rings (SSSR count). The Kier molecular flexibility index (Phi) is 3.69. The molecule has 6 heteroatoms. The van der Waals surface area contributed by atoms with Crippen LogP contribution in [-0.2, 0) is 0 Å². The number of aromatic nitrogens is 2. The summed E-state index contributed by atoms with van der Waals surface area (Å²) < 4.78 is 4.36. The molecule has 0 aliphatic carbocycles. The van der Waals surface area contributed by atoms with Crippen molar-refractivity contribution < 1.29 is 0 Å². The molecule has 1 fully saturated rings. The largest absolute Gasteiger partial charge is 0.382 e. The molecule has 4 nitrogen and oxygen atoms in total. The third kappa shape index (κ3) is 2.42. The third-order valence-electron chi connectivity index (χ3n) is 4.20. The van der Waals surface area contributed by atoms with E-state index in [2.05, 4.69) is 33.5 Å². The molecule has 3 heterocycles. The number of thiazole rings is 1. The van der Waals surface area contributed by atoms with Crippen molar-refractivity contribution in [2.75, 3.05) is 23.7 Å². The van der Waals surface area contributed by atoms with Crippen LogP contribution in [-0.4, -0.2) is 22.4 Å². The normalized spacial score (nSPS) is 23.2. The molecule has 1 aliphatic heterocycles. The zero-order valence-corrected chi connectivity index (χ0v) is 13.7. The van der Waals surface area contributed by atoms with Gasteiger partial charge >= 0.3 is 0 Å². The predicted molar refractivity (Wildman–Crippen MR) is 87.5 cm³/mol. The molecule has 2 aromatic rings. The molecule has 0 saturated carbocycles. The number of aryl methyl sites for hydroxylation is 1. The van der Waals surface area contributed by atoms with Gasteiger partial charge in [-0.1, -0.05) is 13.8 Å². The Morgan fingerprint density at radius 2 is 2.15 bits per heavy atom. The van der Waals surface area contributed by atoms with E-state index in [1.54, 1.807) is 11.3 Å². The fraction of sp³-hybridized carbons (Fsp3) is 0.571. The topological polar surface area (TPSA) is 55.0 Å². The molecule has 2 aromatic heterocycles. The molecule has 2 N–H and O–H groups in total. The highest BCUT2D eigenvalue weighted by Crippen LogP contribution is 2.41. The van der Waals surface area contributed by atoms with Crippen molar-refractivity contribution in [3.63, 3.8) is 0 Å². The number of hydrogen-bond donors (Lipinski definition) is 1. The van der Waals surface area contributed by atoms with Gasteiger partial charge in [0.15, 0.2) is 0 Å². The molecule has 0 amide bonds. The van der Waals surface area contributed by atoms with Crippen LogP contribution in [0.3, 0.4) is 0 Å². The molecule has 2 unspecified atom stereocenters. The first-order chi connectivity index (χ1) is 9.56. The summed E-state index contributed by atoms with van der Waals surface area (Å²) in [5, 5.41) is 4.33. The maximum Gasteiger partial charge on any atom is 0.148 e. The van der Waals surface area contributed by atoms with Gasteiger partial charge in [0.05, 0.1) is 16.3 Å². The van der Waals surface area contributed by atoms with Crippen molar-refractivity contribution in [3.8, 4) is 11.3 Å². The SMILES string of the molecule is Cc1nc(-c2c(N)nsc2N2CCC(C)C(C)C2)cs1. The molecule has 2 atom stereocenters. The standard InChI is InChI=1S/C14H20N4S2/c1-8-4-5-18(6-9(8)2)14-12(13(15)17-20-14)11-7-19-10(3)16-11/h7-9H,4-6H2,1-3H3,(H2,15,17). The summed E-state index contributed by atoms with van der Waals surface area (Å²) in [5.74, 6) is 2.11. The first-order valence-corrected chi connectivity index (χ1v) is 8.64. The van der Waals surface area contributed by atoms with Crippen molar-refractivity contribution in [3.05, 3.63) is 10.4 Å². The molecule has 0 radical (unpaired) electrons. The third-order valence-corrected chi connectivity index (χ3v) is 5.89. The number of hydrogen-bond acceptors (Lipinski definition) is 6. The Hall–Kier alpha value is -1.14. The van der Waals surface area contributed by atoms with Crippen LogP contribution in [0.4, 0.5) is 10.8 Å². The first-order valence-electron chi connectivity index (χ1n) is 6.99. The van der Waals surface area contributed by atoms with E-state index in [1.165, 1.54) is 23.0 Å². The van der Waals surface area contributed by atoms with E-state index in [4.69, 9.17) is 5.73 Å². The van der Waals surface area contributed by atoms with Crippen LogP contribution in [0, 0.1) is 18.8 Å². The number of nitrogens with zero attached hydrogens (tertiary/aromatic N) is 3. The zero-order valence-electron chi connectivity index (χ0n) is 12.1. The molecule has 0 bridgehead atoms. The van der Waals surface area contributed by atoms with Gasteiger partial charge in [0.25, 0.3) is 0 Å². The van der Waals surface area contributed by atoms with Crippen molar-refractivity contribution >= 4 is 33.7 Å². The molecule has 0 aromatic carbocycles. The van der Waals surface area contributed by atoms with Gasteiger partial charge < -0.3 is 10.6 Å². The maximum absolute atomic E-state index is 6.09. The number of rotatable bonds is 2. The van der Waals surface area contributed by atoms with Crippen molar-refractivity contribution in [1.82, 2.24) is 9.36 Å². The van der Waals surface area contributed by atoms with Gasteiger partial charge in [-0.3, -0.25) is 0 Å². The van der Waals surface area contributed by atoms with Crippen LogP contribution in [0.5, 0.6) is 0 Å². The van der Waals surface area contributed by atoms with E-state index >= 15 is 0 Å². The van der Waals surface area contributed by atoms with Gasteiger partial charge in [0.2, 0.25) is 0 Å². The van der Waals surface area contributed by atoms with E-state index < -0.39 is 0 Å². The van der Waals surface area contributed by atoms with Crippen molar-refractivity contribution in [2.24, 2.45) is 11.8 Å². The summed E-state index contributed by atoms with van der Waals surface area (Å²) in [5.41, 5.74) is 8.09. The predicted octanol–water partition coefficient (Wildman–Crippen LogP) is 3.64. The Morgan fingerprint density at radius 1 is 1.35 bits per heavy atom. The Bertz CT molecular complexity index is 604. The number of nitrogens with two attached hydrogens (primary N) is 1. The van der Waals surface area contributed by atoms with E-state index in [-0.39, 0.29) is 0 Å². The highest BCUT2D eigenvalue weighted by Gasteiger charge is 2.27. The number of piperidine rings is 1. The minimum absolute atomic E-state index is 0.613. The second kappa shape index (κ2) is 5.33. The van der Waals surface area contributed by atoms with Crippen LogP contribution in [0.2, 0.25) is 0 Å². The van der Waals surface area contributed by atoms with Crippen LogP contribution in [0.15, 0.2) is 5.38 Å². The van der Waals surface area contributed by atoms with Gasteiger partial charge in [-0.15, -0.1) is 11.3 Å². The van der Waals surface area contributed by atoms with Gasteiger partial charge in [-0.2, -0.15) is 4.37 Å². The van der Waals surface area contributed by atoms with Crippen LogP contribution < -0.4 is 10.6 Å². The minimum Gasteiger partial charge on any atom is -0.382 e. The summed E-state index contributed by atoms with van der Waals surface area (Å²) in [6, 6.07) is 0. The van der Waals surface area contributed by atoms with Crippen molar-refractivity contribution in [1.29, 1.82) is 0 Å². The molecule has 1 saturated heterocycles. The quantitative estimate of drug-likeness (QED) is 0.920. The van der Waals surface area contributed by atoms with E-state index in [0.717, 1.165) is 35.3 Å². The fourth-order valence-electron chi connectivity index (χ4n) is 2.68. The second-order valence-electron chi connectivity index (χ2n) is 5.69. The Morgan fingerprint density at radius 3 is 2.80 bits per heavy atom. The van der Waals surface area contributed by atoms with Gasteiger partial charge in [0.1, 0.15) is 10.8 Å². The average Bonchev–Trinajstić information content (AvgIpc) is 2.99. The fourth-order valence-corrected chi connectivity index (χ4v) is 4.14. The lowest BCUT2D eigenvalue weighted by atomic mass is 9.89. The minimum atomic E-state index is 0.613. The van der Waals surface area contributed by atoms with Gasteiger partial charge in [0, 0.05) is 18.5 Å². The average molecular weight is 308 g/mol. The molecule has 20 heavy (non-hydrogen) atoms. The lowest BCUT2D eigenvalue weighted by Crippen LogP contribution is -2.38. The molecular formula is C14H20N4S2. The number of anilines is 2. The molecular weight excluding hydrogens is 288 g/mol. The zero-order chi connectivity index (χ0) is 14.3. The highest BCUT2D eigenvalue weighted by atomic mass is 32.1. The van der Waals surface area contributed by atoms with Gasteiger partial charge in [-0.25, -0.2) is 4.98 Å². The molecule has 1 aliphatic rings. The van der Waals surface area contributed by atoms with Crippen LogP contribution in [0.25, 0.3) is 11.3 Å². The lowest BCUT2D eigenvalue weighted by Gasteiger charge is -2.36. The van der Waals surface area contributed by atoms with Gasteiger partial charge in [-0.05, 0) is 36.7 Å². The summed E-state index contributed by atoms with van der Waals surface area (Å²) in [6.07, 6.45) is 1.23. The highest BCUT2D eigenvalue weighted by molar-refractivity contribution is 7.11. The number of nitrogen functional groups attached to an aromatic ring is 1. The van der Waals surface area contributed by atoms with E-state index in [0.29, 0.717) is 11.7 Å².